The molecule has 17 heavy (non-hydrogen) atoms. The number of aliphatic hydroxyl groups is 1. The zero-order valence-corrected chi connectivity index (χ0v) is 11.7. The lowest BCUT2D eigenvalue weighted by molar-refractivity contribution is 0.163. The van der Waals surface area contributed by atoms with Gasteiger partial charge in [-0.15, -0.1) is 0 Å². The molecular weight excluding hydrogens is 260 g/mol. The van der Waals surface area contributed by atoms with Crippen molar-refractivity contribution in [3.8, 4) is 0 Å². The second-order valence-electron chi connectivity index (χ2n) is 5.04. The third-order valence-electron chi connectivity index (χ3n) is 2.31. The van der Waals surface area contributed by atoms with Crippen LogP contribution in [0.3, 0.4) is 0 Å². The number of aliphatic hydroxyl groups excluding tert-OH is 1. The molecule has 1 aromatic carbocycles. The Labute approximate surface area is 112 Å². The van der Waals surface area contributed by atoms with Gasteiger partial charge in [0.1, 0.15) is 0 Å². The zero-order chi connectivity index (χ0) is 13.2. The van der Waals surface area contributed by atoms with E-state index in [-0.39, 0.29) is 5.54 Å². The van der Waals surface area contributed by atoms with Crippen molar-refractivity contribution in [3.05, 3.63) is 27.7 Å². The van der Waals surface area contributed by atoms with Gasteiger partial charge in [-0.3, -0.25) is 0 Å². The van der Waals surface area contributed by atoms with Crippen molar-refractivity contribution in [2.75, 3.05) is 12.3 Å². The van der Waals surface area contributed by atoms with Gasteiger partial charge in [0.2, 0.25) is 0 Å². The van der Waals surface area contributed by atoms with E-state index in [2.05, 4.69) is 5.32 Å². The Morgan fingerprint density at radius 2 is 1.76 bits per heavy atom. The lowest BCUT2D eigenvalue weighted by Crippen LogP contribution is -2.38. The molecule has 0 heterocycles. The van der Waals surface area contributed by atoms with Crippen molar-refractivity contribution < 1.29 is 5.11 Å². The van der Waals surface area contributed by atoms with Crippen molar-refractivity contribution in [1.82, 2.24) is 5.32 Å². The van der Waals surface area contributed by atoms with Crippen molar-refractivity contribution in [2.24, 2.45) is 0 Å². The number of rotatable bonds is 3. The van der Waals surface area contributed by atoms with Crippen molar-refractivity contribution in [2.45, 2.75) is 32.4 Å². The first-order valence-electron chi connectivity index (χ1n) is 5.38. The maximum absolute atomic E-state index is 10.0. The van der Waals surface area contributed by atoms with Crippen LogP contribution in [0.1, 0.15) is 32.4 Å². The summed E-state index contributed by atoms with van der Waals surface area (Å²) in [5, 5.41) is 13.9. The van der Waals surface area contributed by atoms with E-state index >= 15 is 0 Å². The predicted molar refractivity (Wildman–Crippen MR) is 73.6 cm³/mol. The van der Waals surface area contributed by atoms with Crippen LogP contribution in [0.4, 0.5) is 5.69 Å². The molecule has 0 aliphatic heterocycles. The standard InChI is InChI=1S/C12H18Cl2N2O/c1-12(2,3)16-6-10(17)7-4-8(13)11(15)9(14)5-7/h4-5,10,16-17H,6,15H2,1-3H3/i10+1. The summed E-state index contributed by atoms with van der Waals surface area (Å²) in [4.78, 5) is 0. The molecule has 0 amide bonds. The van der Waals surface area contributed by atoms with Crippen LogP contribution in [0, 0.1) is 0 Å². The van der Waals surface area contributed by atoms with Gasteiger partial charge in [0, 0.05) is 12.1 Å². The van der Waals surface area contributed by atoms with Crippen LogP contribution >= 0.6 is 23.2 Å². The average molecular weight is 278 g/mol. The van der Waals surface area contributed by atoms with Gasteiger partial charge >= 0.3 is 0 Å². The highest BCUT2D eigenvalue weighted by molar-refractivity contribution is 6.38. The molecule has 0 saturated carbocycles. The number of benzene rings is 1. The smallest absolute Gasteiger partial charge is 0.0915 e. The average Bonchev–Trinajstić information content (AvgIpc) is 2.20. The third kappa shape index (κ3) is 4.36. The molecule has 1 unspecified atom stereocenters. The first-order valence-corrected chi connectivity index (χ1v) is 6.14. The van der Waals surface area contributed by atoms with E-state index in [4.69, 9.17) is 28.9 Å². The summed E-state index contributed by atoms with van der Waals surface area (Å²) in [5.41, 5.74) is 6.58. The minimum Gasteiger partial charge on any atom is -0.396 e. The number of halogens is 2. The molecule has 96 valence electrons. The van der Waals surface area contributed by atoms with Gasteiger partial charge in [-0.05, 0) is 38.5 Å². The van der Waals surface area contributed by atoms with E-state index in [1.807, 2.05) is 20.8 Å². The van der Waals surface area contributed by atoms with Gasteiger partial charge in [0.15, 0.2) is 0 Å². The fourth-order valence-electron chi connectivity index (χ4n) is 1.32. The van der Waals surface area contributed by atoms with Crippen LogP contribution < -0.4 is 11.1 Å². The molecule has 0 bridgehead atoms. The van der Waals surface area contributed by atoms with Crippen molar-refractivity contribution in [1.29, 1.82) is 0 Å². The maximum atomic E-state index is 10.0. The molecule has 3 nitrogen and oxygen atoms in total. The fourth-order valence-corrected chi connectivity index (χ4v) is 1.82. The maximum Gasteiger partial charge on any atom is 0.0915 e. The molecule has 5 heteroatoms. The number of nitrogens with one attached hydrogen (secondary N) is 1. The summed E-state index contributed by atoms with van der Waals surface area (Å²) < 4.78 is 0. The van der Waals surface area contributed by atoms with E-state index in [9.17, 15) is 5.11 Å². The number of hydrogen-bond donors (Lipinski definition) is 3. The lowest BCUT2D eigenvalue weighted by Gasteiger charge is -2.23. The Morgan fingerprint density at radius 1 is 1.29 bits per heavy atom. The van der Waals surface area contributed by atoms with Crippen LogP contribution in [-0.2, 0) is 0 Å². The highest BCUT2D eigenvalue weighted by atomic mass is 35.5. The van der Waals surface area contributed by atoms with Crippen molar-refractivity contribution in [3.63, 3.8) is 0 Å². The highest BCUT2D eigenvalue weighted by Gasteiger charge is 2.15. The molecule has 1 rings (SSSR count). The van der Waals surface area contributed by atoms with Crippen LogP contribution in [0.25, 0.3) is 0 Å². The van der Waals surface area contributed by atoms with Crippen LogP contribution in [0.5, 0.6) is 0 Å². The van der Waals surface area contributed by atoms with E-state index in [1.54, 1.807) is 12.1 Å². The predicted octanol–water partition coefficient (Wildman–Crippen LogP) is 3.00. The lowest BCUT2D eigenvalue weighted by atomic mass is 10.1. The molecule has 0 radical (unpaired) electrons. The van der Waals surface area contributed by atoms with E-state index in [0.29, 0.717) is 27.8 Å². The Balaban J connectivity index is 2.79. The van der Waals surface area contributed by atoms with Gasteiger partial charge in [-0.25, -0.2) is 0 Å². The first kappa shape index (κ1) is 14.6. The van der Waals surface area contributed by atoms with Crippen molar-refractivity contribution >= 4 is 28.9 Å². The Kier molecular flexibility index (Phi) is 4.67. The van der Waals surface area contributed by atoms with Gasteiger partial charge < -0.3 is 16.2 Å². The van der Waals surface area contributed by atoms with Gasteiger partial charge in [-0.2, -0.15) is 0 Å². The summed E-state index contributed by atoms with van der Waals surface area (Å²) in [7, 11) is 0. The Morgan fingerprint density at radius 3 is 2.18 bits per heavy atom. The summed E-state index contributed by atoms with van der Waals surface area (Å²) in [6.45, 7) is 6.52. The number of hydrogen-bond acceptors (Lipinski definition) is 3. The van der Waals surface area contributed by atoms with E-state index in [0.717, 1.165) is 0 Å². The van der Waals surface area contributed by atoms with Gasteiger partial charge in [0.25, 0.3) is 0 Å². The molecule has 0 aromatic heterocycles. The second kappa shape index (κ2) is 5.44. The molecule has 4 N–H and O–H groups in total. The molecule has 0 aliphatic carbocycles. The number of anilines is 1. The van der Waals surface area contributed by atoms with Gasteiger partial charge in [0.05, 0.1) is 21.8 Å². The quantitative estimate of drug-likeness (QED) is 0.588. The highest BCUT2D eigenvalue weighted by Crippen LogP contribution is 2.31. The number of nitrogens with two attached hydrogens (primary N) is 1. The topological polar surface area (TPSA) is 58.3 Å². The summed E-state index contributed by atoms with van der Waals surface area (Å²) in [6, 6.07) is 3.27. The number of nitrogen functional groups attached to an aromatic ring is 1. The first-order chi connectivity index (χ1) is 7.70. The van der Waals surface area contributed by atoms with Gasteiger partial charge in [-0.1, -0.05) is 23.2 Å². The van der Waals surface area contributed by atoms with E-state index < -0.39 is 6.10 Å². The molecule has 0 fully saturated rings. The molecule has 0 spiro atoms. The largest absolute Gasteiger partial charge is 0.396 e. The molecule has 1 aromatic rings. The second-order valence-corrected chi connectivity index (χ2v) is 5.86. The zero-order valence-electron chi connectivity index (χ0n) is 10.2. The summed E-state index contributed by atoms with van der Waals surface area (Å²) in [5.74, 6) is 0. The molecule has 0 saturated heterocycles. The normalized spacial score (nSPS) is 13.8. The minimum absolute atomic E-state index is 0.0532. The number of β-amino-alcohol motifs (C(OH)–C–C–N with tert-alkyl or cyclic N) is 1. The SMILES string of the molecule is CC(C)(C)NC[13CH](O)c1cc(Cl)c(N)c(Cl)c1. The van der Waals surface area contributed by atoms with Crippen LogP contribution in [-0.4, -0.2) is 17.2 Å². The molecule has 0 aliphatic rings. The third-order valence-corrected chi connectivity index (χ3v) is 2.94. The minimum atomic E-state index is -0.662. The Bertz CT molecular complexity index is 379. The molecule has 1 atom stereocenters. The summed E-state index contributed by atoms with van der Waals surface area (Å²) in [6.07, 6.45) is -0.662. The van der Waals surface area contributed by atoms with Crippen LogP contribution in [0.2, 0.25) is 10.0 Å². The fraction of sp³-hybridized carbons (Fsp3) is 0.500. The Hall–Kier alpha value is -0.480. The summed E-state index contributed by atoms with van der Waals surface area (Å²) >= 11 is 11.8. The van der Waals surface area contributed by atoms with Crippen LogP contribution in [0.15, 0.2) is 12.1 Å². The monoisotopic (exact) mass is 277 g/mol. The van der Waals surface area contributed by atoms with E-state index in [1.165, 1.54) is 0 Å². The molecular formula is C12H18Cl2N2O.